The molecule has 22 heavy (non-hydrogen) atoms. The van der Waals surface area contributed by atoms with Crippen LogP contribution in [0.5, 0.6) is 11.5 Å². The largest absolute Gasteiger partial charge is 0.548 e. The van der Waals surface area contributed by atoms with Crippen molar-refractivity contribution in [3.63, 3.8) is 0 Å². The lowest BCUT2D eigenvalue weighted by Gasteiger charge is -2.14. The van der Waals surface area contributed by atoms with Crippen LogP contribution in [0.15, 0.2) is 21.5 Å². The van der Waals surface area contributed by atoms with Crippen molar-refractivity contribution >= 4 is 62.2 Å². The third kappa shape index (κ3) is 3.42. The van der Waals surface area contributed by atoms with Crippen molar-refractivity contribution in [2.75, 3.05) is 13.7 Å². The Morgan fingerprint density at radius 3 is 2.86 bits per heavy atom. The van der Waals surface area contributed by atoms with Gasteiger partial charge in [0.15, 0.2) is 11.5 Å². The Morgan fingerprint density at radius 2 is 2.27 bits per heavy atom. The van der Waals surface area contributed by atoms with Crippen LogP contribution in [-0.2, 0) is 9.59 Å². The predicted molar refractivity (Wildman–Crippen MR) is 87.2 cm³/mol. The molecule has 1 aromatic rings. The summed E-state index contributed by atoms with van der Waals surface area (Å²) in [7, 11) is 1.41. The minimum atomic E-state index is -1.40. The minimum absolute atomic E-state index is 0.127. The number of ether oxygens (including phenoxy) is 1. The number of aliphatic carboxylic acids is 1. The van der Waals surface area contributed by atoms with Gasteiger partial charge in [0.2, 0.25) is 0 Å². The standard InChI is InChI=1S/C13H10BrNO5S2/c1-20-8-4-7(14)2-6(11(8)18)3-9-12(19)15(5-10(16)17)13(21)22-9/h2-4,18H,5H2,1H3,(H,16,17)/p-1/b9-3+. The van der Waals surface area contributed by atoms with E-state index >= 15 is 0 Å². The Kier molecular flexibility index (Phi) is 5.09. The number of amides is 1. The Balaban J connectivity index is 2.39. The molecule has 1 N–H and O–H groups in total. The second-order valence-electron chi connectivity index (χ2n) is 4.19. The maximum atomic E-state index is 12.1. The summed E-state index contributed by atoms with van der Waals surface area (Å²) >= 11 is 9.21. The summed E-state index contributed by atoms with van der Waals surface area (Å²) in [5, 5.41) is 20.7. The van der Waals surface area contributed by atoms with E-state index in [9.17, 15) is 19.8 Å². The fraction of sp³-hybridized carbons (Fsp3) is 0.154. The average Bonchev–Trinajstić information content (AvgIpc) is 2.69. The third-order valence-electron chi connectivity index (χ3n) is 2.74. The zero-order valence-electron chi connectivity index (χ0n) is 11.2. The highest BCUT2D eigenvalue weighted by atomic mass is 79.9. The number of rotatable bonds is 4. The number of nitrogens with zero attached hydrogens (tertiary/aromatic N) is 1. The third-order valence-corrected chi connectivity index (χ3v) is 4.57. The number of thioether (sulfide) groups is 1. The molecule has 1 aliphatic heterocycles. The van der Waals surface area contributed by atoms with Gasteiger partial charge in [-0.05, 0) is 18.2 Å². The molecule has 1 amide bonds. The zero-order chi connectivity index (χ0) is 16.4. The number of benzene rings is 1. The summed E-state index contributed by atoms with van der Waals surface area (Å²) in [6.45, 7) is -0.601. The van der Waals surface area contributed by atoms with Gasteiger partial charge < -0.3 is 19.7 Å². The van der Waals surface area contributed by atoms with E-state index in [-0.39, 0.29) is 20.7 Å². The van der Waals surface area contributed by atoms with Crippen molar-refractivity contribution in [3.05, 3.63) is 27.1 Å². The number of hydrogen-bond acceptors (Lipinski definition) is 7. The highest BCUT2D eigenvalue weighted by Crippen LogP contribution is 2.38. The first-order chi connectivity index (χ1) is 10.3. The summed E-state index contributed by atoms with van der Waals surface area (Å²) in [4.78, 5) is 23.9. The van der Waals surface area contributed by atoms with Crippen LogP contribution in [0.4, 0.5) is 0 Å². The quantitative estimate of drug-likeness (QED) is 0.595. The summed E-state index contributed by atoms with van der Waals surface area (Å²) in [6, 6.07) is 3.18. The van der Waals surface area contributed by atoms with Crippen molar-refractivity contribution in [2.24, 2.45) is 0 Å². The maximum absolute atomic E-state index is 12.1. The summed E-state index contributed by atoms with van der Waals surface area (Å²) in [5.41, 5.74) is 0.347. The molecular formula is C13H9BrNO5S2-. The number of phenolic OH excluding ortho intramolecular Hbond substituents is 1. The van der Waals surface area contributed by atoms with Gasteiger partial charge in [-0.1, -0.05) is 39.9 Å². The van der Waals surface area contributed by atoms with E-state index < -0.39 is 18.4 Å². The molecule has 9 heteroatoms. The molecule has 1 aliphatic rings. The number of halogens is 1. The molecule has 1 aromatic carbocycles. The van der Waals surface area contributed by atoms with Gasteiger partial charge in [-0.3, -0.25) is 9.69 Å². The number of aromatic hydroxyl groups is 1. The average molecular weight is 403 g/mol. The van der Waals surface area contributed by atoms with E-state index in [0.29, 0.717) is 10.0 Å². The van der Waals surface area contributed by atoms with E-state index in [4.69, 9.17) is 17.0 Å². The fourth-order valence-corrected chi connectivity index (χ4v) is 3.47. The molecule has 1 fully saturated rings. The monoisotopic (exact) mass is 402 g/mol. The van der Waals surface area contributed by atoms with E-state index in [1.165, 1.54) is 13.2 Å². The molecule has 0 aromatic heterocycles. The Labute approximate surface area is 143 Å². The number of carboxylic acid groups (broad SMARTS) is 1. The van der Waals surface area contributed by atoms with Gasteiger partial charge in [0, 0.05) is 10.0 Å². The van der Waals surface area contributed by atoms with Crippen molar-refractivity contribution in [1.82, 2.24) is 4.90 Å². The first-order valence-electron chi connectivity index (χ1n) is 5.85. The van der Waals surface area contributed by atoms with Crippen LogP contribution in [0.1, 0.15) is 5.56 Å². The van der Waals surface area contributed by atoms with Crippen molar-refractivity contribution in [1.29, 1.82) is 0 Å². The number of phenols is 1. The second kappa shape index (κ2) is 6.67. The highest BCUT2D eigenvalue weighted by Gasteiger charge is 2.32. The maximum Gasteiger partial charge on any atom is 0.266 e. The molecule has 1 heterocycles. The molecule has 6 nitrogen and oxygen atoms in total. The van der Waals surface area contributed by atoms with Crippen molar-refractivity contribution < 1.29 is 24.5 Å². The summed E-state index contributed by atoms with van der Waals surface area (Å²) in [5.74, 6) is -1.83. The number of hydrogen-bond donors (Lipinski definition) is 1. The highest BCUT2D eigenvalue weighted by molar-refractivity contribution is 9.10. The van der Waals surface area contributed by atoms with Crippen LogP contribution in [-0.4, -0.2) is 39.9 Å². The second-order valence-corrected chi connectivity index (χ2v) is 6.78. The van der Waals surface area contributed by atoms with Gasteiger partial charge in [0.1, 0.15) is 4.32 Å². The van der Waals surface area contributed by atoms with Gasteiger partial charge in [0.25, 0.3) is 5.91 Å². The van der Waals surface area contributed by atoms with Gasteiger partial charge in [-0.15, -0.1) is 0 Å². The number of carboxylic acids is 1. The number of carbonyl (C=O) groups is 2. The number of methoxy groups -OCH3 is 1. The lowest BCUT2D eigenvalue weighted by molar-refractivity contribution is -0.305. The fourth-order valence-electron chi connectivity index (χ4n) is 1.77. The van der Waals surface area contributed by atoms with Crippen LogP contribution < -0.4 is 9.84 Å². The number of thiocarbonyl (C=S) groups is 1. The zero-order valence-corrected chi connectivity index (χ0v) is 14.4. The van der Waals surface area contributed by atoms with E-state index in [1.807, 2.05) is 0 Å². The van der Waals surface area contributed by atoms with Crippen LogP contribution in [0.2, 0.25) is 0 Å². The van der Waals surface area contributed by atoms with E-state index in [1.54, 1.807) is 12.1 Å². The Morgan fingerprint density at radius 1 is 1.59 bits per heavy atom. The van der Waals surface area contributed by atoms with Crippen molar-refractivity contribution in [3.8, 4) is 11.5 Å². The lowest BCUT2D eigenvalue weighted by atomic mass is 10.1. The molecule has 0 saturated carbocycles. The molecular weight excluding hydrogens is 394 g/mol. The van der Waals surface area contributed by atoms with Gasteiger partial charge in [-0.25, -0.2) is 0 Å². The first kappa shape index (κ1) is 16.8. The number of carbonyl (C=O) groups excluding carboxylic acids is 2. The Bertz CT molecular complexity index is 704. The summed E-state index contributed by atoms with van der Waals surface area (Å²) in [6.07, 6.45) is 1.43. The molecule has 2 rings (SSSR count). The van der Waals surface area contributed by atoms with Crippen LogP contribution in [0.3, 0.4) is 0 Å². The normalized spacial score (nSPS) is 16.5. The van der Waals surface area contributed by atoms with Gasteiger partial charge >= 0.3 is 0 Å². The molecule has 0 radical (unpaired) electrons. The Hall–Kier alpha value is -1.58. The van der Waals surface area contributed by atoms with E-state index in [2.05, 4.69) is 15.9 Å². The lowest BCUT2D eigenvalue weighted by Crippen LogP contribution is -2.40. The molecule has 1 saturated heterocycles. The van der Waals surface area contributed by atoms with Gasteiger partial charge in [-0.2, -0.15) is 0 Å². The predicted octanol–water partition coefficient (Wildman–Crippen LogP) is 1.11. The molecule has 116 valence electrons. The molecule has 0 spiro atoms. The molecule has 0 atom stereocenters. The van der Waals surface area contributed by atoms with Crippen LogP contribution in [0, 0.1) is 0 Å². The topological polar surface area (TPSA) is 89.9 Å². The van der Waals surface area contributed by atoms with Gasteiger partial charge in [0.05, 0.1) is 24.5 Å². The van der Waals surface area contributed by atoms with E-state index in [0.717, 1.165) is 16.7 Å². The smallest absolute Gasteiger partial charge is 0.266 e. The minimum Gasteiger partial charge on any atom is -0.548 e. The summed E-state index contributed by atoms with van der Waals surface area (Å²) < 4.78 is 5.81. The molecule has 0 bridgehead atoms. The van der Waals surface area contributed by atoms with Crippen LogP contribution in [0.25, 0.3) is 6.08 Å². The van der Waals surface area contributed by atoms with Crippen molar-refractivity contribution in [2.45, 2.75) is 0 Å². The van der Waals surface area contributed by atoms with Crippen LogP contribution >= 0.6 is 39.9 Å². The molecule has 0 aliphatic carbocycles. The first-order valence-corrected chi connectivity index (χ1v) is 7.87. The SMILES string of the molecule is COc1cc(Br)cc(/C=C2/SC(=S)N(CC(=O)[O-])C2=O)c1O. The molecule has 0 unspecified atom stereocenters.